The van der Waals surface area contributed by atoms with Crippen molar-refractivity contribution in [2.45, 2.75) is 32.4 Å². The molecule has 0 aromatic carbocycles. The van der Waals surface area contributed by atoms with E-state index in [4.69, 9.17) is 9.15 Å². The molecule has 17 heavy (non-hydrogen) atoms. The number of aromatic nitrogens is 2. The Morgan fingerprint density at radius 3 is 2.65 bits per heavy atom. The van der Waals surface area contributed by atoms with Crippen molar-refractivity contribution >= 4 is 0 Å². The maximum absolute atomic E-state index is 9.56. The average molecular weight is 243 g/mol. The topological polar surface area (TPSA) is 71.6 Å². The SMILES string of the molecule is COCC(O)CN(C)Cc1nnc(C(C)C)o1. The highest BCUT2D eigenvalue weighted by Gasteiger charge is 2.13. The predicted molar refractivity (Wildman–Crippen MR) is 62.6 cm³/mol. The largest absolute Gasteiger partial charge is 0.424 e. The van der Waals surface area contributed by atoms with Crippen LogP contribution in [0.3, 0.4) is 0 Å². The van der Waals surface area contributed by atoms with E-state index in [2.05, 4.69) is 10.2 Å². The van der Waals surface area contributed by atoms with Gasteiger partial charge in [-0.3, -0.25) is 4.90 Å². The lowest BCUT2D eigenvalue weighted by Gasteiger charge is -2.18. The summed E-state index contributed by atoms with van der Waals surface area (Å²) in [6.07, 6.45) is -0.502. The number of hydrogen-bond acceptors (Lipinski definition) is 6. The Kier molecular flexibility index (Phi) is 5.54. The average Bonchev–Trinajstić information content (AvgIpc) is 2.66. The van der Waals surface area contributed by atoms with Gasteiger partial charge in [-0.05, 0) is 7.05 Å². The van der Waals surface area contributed by atoms with Crippen LogP contribution in [0.4, 0.5) is 0 Å². The Morgan fingerprint density at radius 2 is 2.12 bits per heavy atom. The van der Waals surface area contributed by atoms with E-state index in [9.17, 15) is 5.11 Å². The summed E-state index contributed by atoms with van der Waals surface area (Å²) in [5.41, 5.74) is 0. The smallest absolute Gasteiger partial charge is 0.230 e. The van der Waals surface area contributed by atoms with Crippen LogP contribution in [0.2, 0.25) is 0 Å². The highest BCUT2D eigenvalue weighted by atomic mass is 16.5. The van der Waals surface area contributed by atoms with Gasteiger partial charge >= 0.3 is 0 Å². The summed E-state index contributed by atoms with van der Waals surface area (Å²) in [4.78, 5) is 1.92. The van der Waals surface area contributed by atoms with Gasteiger partial charge in [0.1, 0.15) is 0 Å². The number of ether oxygens (including phenoxy) is 1. The maximum Gasteiger partial charge on any atom is 0.230 e. The number of nitrogens with zero attached hydrogens (tertiary/aromatic N) is 3. The van der Waals surface area contributed by atoms with E-state index in [1.165, 1.54) is 0 Å². The molecule has 6 heteroatoms. The fourth-order valence-corrected chi connectivity index (χ4v) is 1.46. The van der Waals surface area contributed by atoms with Gasteiger partial charge in [0.15, 0.2) is 0 Å². The number of hydrogen-bond donors (Lipinski definition) is 1. The highest BCUT2D eigenvalue weighted by molar-refractivity contribution is 4.87. The summed E-state index contributed by atoms with van der Waals surface area (Å²) in [6, 6.07) is 0. The molecule has 0 aliphatic carbocycles. The zero-order chi connectivity index (χ0) is 12.8. The van der Waals surface area contributed by atoms with Crippen molar-refractivity contribution in [1.29, 1.82) is 0 Å². The molecule has 0 bridgehead atoms. The zero-order valence-corrected chi connectivity index (χ0v) is 10.9. The molecule has 6 nitrogen and oxygen atoms in total. The van der Waals surface area contributed by atoms with Gasteiger partial charge in [-0.1, -0.05) is 13.8 Å². The minimum absolute atomic E-state index is 0.237. The lowest BCUT2D eigenvalue weighted by Crippen LogP contribution is -2.31. The van der Waals surface area contributed by atoms with Crippen LogP contribution in [0.5, 0.6) is 0 Å². The Balaban J connectivity index is 2.41. The van der Waals surface area contributed by atoms with E-state index in [0.29, 0.717) is 31.5 Å². The number of rotatable bonds is 7. The maximum atomic E-state index is 9.56. The third-order valence-corrected chi connectivity index (χ3v) is 2.26. The van der Waals surface area contributed by atoms with Gasteiger partial charge in [-0.15, -0.1) is 10.2 Å². The van der Waals surface area contributed by atoms with Gasteiger partial charge < -0.3 is 14.3 Å². The van der Waals surface area contributed by atoms with Crippen LogP contribution >= 0.6 is 0 Å². The van der Waals surface area contributed by atoms with E-state index in [1.54, 1.807) is 7.11 Å². The molecule has 1 aromatic heterocycles. The highest BCUT2D eigenvalue weighted by Crippen LogP contribution is 2.12. The Bertz CT molecular complexity index is 328. The third kappa shape index (κ3) is 4.80. The van der Waals surface area contributed by atoms with Crippen molar-refractivity contribution in [3.8, 4) is 0 Å². The Labute approximate surface area is 102 Å². The minimum atomic E-state index is -0.502. The van der Waals surface area contributed by atoms with E-state index in [1.807, 2.05) is 25.8 Å². The number of likely N-dealkylation sites (N-methyl/N-ethyl adjacent to an activating group) is 1. The van der Waals surface area contributed by atoms with Crippen molar-refractivity contribution in [3.63, 3.8) is 0 Å². The summed E-state index contributed by atoms with van der Waals surface area (Å²) >= 11 is 0. The molecule has 1 heterocycles. The molecular formula is C11H21N3O3. The molecule has 0 spiro atoms. The van der Waals surface area contributed by atoms with Crippen molar-refractivity contribution in [2.24, 2.45) is 0 Å². The van der Waals surface area contributed by atoms with Gasteiger partial charge in [-0.25, -0.2) is 0 Å². The Morgan fingerprint density at radius 1 is 1.41 bits per heavy atom. The molecule has 1 atom stereocenters. The summed E-state index contributed by atoms with van der Waals surface area (Å²) in [5.74, 6) is 1.45. The molecule has 0 saturated carbocycles. The van der Waals surface area contributed by atoms with Gasteiger partial charge in [0.2, 0.25) is 11.8 Å². The second-order valence-corrected chi connectivity index (χ2v) is 4.49. The van der Waals surface area contributed by atoms with Crippen molar-refractivity contribution in [1.82, 2.24) is 15.1 Å². The van der Waals surface area contributed by atoms with Gasteiger partial charge in [-0.2, -0.15) is 0 Å². The van der Waals surface area contributed by atoms with Crippen LogP contribution in [0.15, 0.2) is 4.42 Å². The van der Waals surface area contributed by atoms with Crippen LogP contribution in [0, 0.1) is 0 Å². The second kappa shape index (κ2) is 6.68. The fourth-order valence-electron chi connectivity index (χ4n) is 1.46. The first-order chi connectivity index (χ1) is 8.02. The summed E-state index contributed by atoms with van der Waals surface area (Å²) < 4.78 is 10.3. The zero-order valence-electron chi connectivity index (χ0n) is 10.9. The third-order valence-electron chi connectivity index (χ3n) is 2.26. The molecular weight excluding hydrogens is 222 g/mol. The molecule has 0 aliphatic rings. The normalized spacial score (nSPS) is 13.6. The number of aliphatic hydroxyl groups is 1. The summed E-state index contributed by atoms with van der Waals surface area (Å²) in [5, 5.41) is 17.5. The quantitative estimate of drug-likeness (QED) is 0.757. The van der Waals surface area contributed by atoms with E-state index in [-0.39, 0.29) is 5.92 Å². The van der Waals surface area contributed by atoms with Gasteiger partial charge in [0, 0.05) is 19.6 Å². The molecule has 1 aromatic rings. The first-order valence-corrected chi connectivity index (χ1v) is 5.70. The van der Waals surface area contributed by atoms with Crippen LogP contribution in [-0.4, -0.2) is 53.6 Å². The molecule has 98 valence electrons. The molecule has 1 rings (SSSR count). The van der Waals surface area contributed by atoms with Crippen molar-refractivity contribution in [2.75, 3.05) is 27.3 Å². The molecule has 0 radical (unpaired) electrons. The monoisotopic (exact) mass is 243 g/mol. The van der Waals surface area contributed by atoms with E-state index >= 15 is 0 Å². The van der Waals surface area contributed by atoms with Crippen LogP contribution in [0.25, 0.3) is 0 Å². The van der Waals surface area contributed by atoms with Crippen LogP contribution < -0.4 is 0 Å². The van der Waals surface area contributed by atoms with Gasteiger partial charge in [0.05, 0.1) is 19.3 Å². The van der Waals surface area contributed by atoms with Gasteiger partial charge in [0.25, 0.3) is 0 Å². The van der Waals surface area contributed by atoms with E-state index < -0.39 is 6.10 Å². The molecule has 0 amide bonds. The number of methoxy groups -OCH3 is 1. The molecule has 0 saturated heterocycles. The standard InChI is InChI=1S/C11H21N3O3/c1-8(2)11-13-12-10(17-11)6-14(3)5-9(15)7-16-4/h8-9,15H,5-7H2,1-4H3. The molecule has 0 aliphatic heterocycles. The summed E-state index contributed by atoms with van der Waals surface area (Å²) in [6.45, 7) is 5.37. The molecule has 1 N–H and O–H groups in total. The summed E-state index contributed by atoms with van der Waals surface area (Å²) in [7, 11) is 3.45. The van der Waals surface area contributed by atoms with Crippen molar-refractivity contribution < 1.29 is 14.3 Å². The molecule has 1 unspecified atom stereocenters. The fraction of sp³-hybridized carbons (Fsp3) is 0.818. The lowest BCUT2D eigenvalue weighted by molar-refractivity contribution is 0.0403. The van der Waals surface area contributed by atoms with E-state index in [0.717, 1.165) is 0 Å². The van der Waals surface area contributed by atoms with Crippen molar-refractivity contribution in [3.05, 3.63) is 11.8 Å². The molecule has 0 fully saturated rings. The second-order valence-electron chi connectivity index (χ2n) is 4.49. The Hall–Kier alpha value is -0.980. The first-order valence-electron chi connectivity index (χ1n) is 5.70. The van der Waals surface area contributed by atoms with Crippen LogP contribution in [-0.2, 0) is 11.3 Å². The first kappa shape index (κ1) is 14.1. The predicted octanol–water partition coefficient (Wildman–Crippen LogP) is 0.632. The lowest BCUT2D eigenvalue weighted by atomic mass is 10.2. The minimum Gasteiger partial charge on any atom is -0.424 e. The van der Waals surface area contributed by atoms with Crippen LogP contribution in [0.1, 0.15) is 31.5 Å². The number of aliphatic hydroxyl groups excluding tert-OH is 1.